The molecule has 0 N–H and O–H groups in total. The number of aromatic nitrogens is 4. The van der Waals surface area contributed by atoms with E-state index in [2.05, 4.69) is 114 Å². The Kier molecular flexibility index (Phi) is 6.63. The standard InChI is InChI=1S/C53H30N4O2/c1-2-14-32(15-3-1)51-54-52(40-22-12-21-38-36-19-8-10-23-45(36)58-49(38)40)56-53(55-51)48-43(28-26-39-37-20-9-11-24-46(37)59-50(39)48)57-42-27-25-31-13-6-7-18-35(31)47(42)41-29-33-16-4-5-17-34(33)30-44(41)57/h1-30H. The molecule has 4 aromatic heterocycles. The first-order chi connectivity index (χ1) is 29.2. The van der Waals surface area contributed by atoms with Crippen LogP contribution in [0.3, 0.4) is 0 Å². The molecule has 9 aromatic carbocycles. The molecule has 0 spiro atoms. The molecule has 0 unspecified atom stereocenters. The van der Waals surface area contributed by atoms with Crippen LogP contribution in [0.4, 0.5) is 0 Å². The highest BCUT2D eigenvalue weighted by Gasteiger charge is 2.26. The molecule has 0 aliphatic heterocycles. The largest absolute Gasteiger partial charge is 0.455 e. The molecule has 274 valence electrons. The van der Waals surface area contributed by atoms with Crippen LogP contribution in [0.25, 0.3) is 127 Å². The number of para-hydroxylation sites is 3. The smallest absolute Gasteiger partial charge is 0.170 e. The summed E-state index contributed by atoms with van der Waals surface area (Å²) in [6.45, 7) is 0. The second-order valence-electron chi connectivity index (χ2n) is 15.1. The normalized spacial score (nSPS) is 12.1. The maximum absolute atomic E-state index is 6.91. The van der Waals surface area contributed by atoms with Crippen molar-refractivity contribution in [1.82, 2.24) is 19.5 Å². The van der Waals surface area contributed by atoms with Crippen molar-refractivity contribution >= 4 is 87.2 Å². The molecule has 0 aliphatic rings. The predicted molar refractivity (Wildman–Crippen MR) is 240 cm³/mol. The number of furan rings is 2. The third-order valence-corrected chi connectivity index (χ3v) is 11.8. The molecule has 13 aromatic rings. The maximum Gasteiger partial charge on any atom is 0.170 e. The Morgan fingerprint density at radius 3 is 1.78 bits per heavy atom. The van der Waals surface area contributed by atoms with E-state index in [1.165, 1.54) is 26.9 Å². The first kappa shape index (κ1) is 32.0. The lowest BCUT2D eigenvalue weighted by atomic mass is 10.0. The molecule has 0 amide bonds. The van der Waals surface area contributed by atoms with Crippen LogP contribution in [0.2, 0.25) is 0 Å². The summed E-state index contributed by atoms with van der Waals surface area (Å²) < 4.78 is 15.8. The first-order valence-electron chi connectivity index (χ1n) is 19.8. The zero-order valence-corrected chi connectivity index (χ0v) is 31.4. The van der Waals surface area contributed by atoms with Crippen LogP contribution in [0.5, 0.6) is 0 Å². The molecular weight excluding hydrogens is 725 g/mol. The second-order valence-corrected chi connectivity index (χ2v) is 15.1. The summed E-state index contributed by atoms with van der Waals surface area (Å²) in [7, 11) is 0. The van der Waals surface area contributed by atoms with Crippen LogP contribution in [0, 0.1) is 0 Å². The number of hydrogen-bond acceptors (Lipinski definition) is 5. The van der Waals surface area contributed by atoms with Crippen molar-refractivity contribution in [2.24, 2.45) is 0 Å². The van der Waals surface area contributed by atoms with Crippen molar-refractivity contribution in [1.29, 1.82) is 0 Å². The lowest BCUT2D eigenvalue weighted by Gasteiger charge is -2.15. The van der Waals surface area contributed by atoms with Gasteiger partial charge in [-0.2, -0.15) is 0 Å². The Hall–Kier alpha value is -8.09. The Balaban J connectivity index is 1.19. The lowest BCUT2D eigenvalue weighted by Crippen LogP contribution is -2.04. The van der Waals surface area contributed by atoms with E-state index in [9.17, 15) is 0 Å². The molecule has 13 rings (SSSR count). The van der Waals surface area contributed by atoms with Gasteiger partial charge in [-0.1, -0.05) is 133 Å². The molecule has 0 saturated carbocycles. The van der Waals surface area contributed by atoms with Gasteiger partial charge >= 0.3 is 0 Å². The van der Waals surface area contributed by atoms with E-state index in [1.807, 2.05) is 72.8 Å². The molecule has 0 radical (unpaired) electrons. The van der Waals surface area contributed by atoms with E-state index in [-0.39, 0.29) is 0 Å². The van der Waals surface area contributed by atoms with Crippen molar-refractivity contribution in [2.45, 2.75) is 0 Å². The number of hydrogen-bond donors (Lipinski definition) is 0. The minimum Gasteiger partial charge on any atom is -0.455 e. The summed E-state index contributed by atoms with van der Waals surface area (Å²) >= 11 is 0. The van der Waals surface area contributed by atoms with Crippen molar-refractivity contribution in [3.8, 4) is 39.9 Å². The second kappa shape index (κ2) is 12.2. The monoisotopic (exact) mass is 754 g/mol. The minimum absolute atomic E-state index is 0.498. The topological polar surface area (TPSA) is 69.9 Å². The van der Waals surface area contributed by atoms with Gasteiger partial charge in [0.2, 0.25) is 0 Å². The van der Waals surface area contributed by atoms with Gasteiger partial charge in [-0.15, -0.1) is 0 Å². The van der Waals surface area contributed by atoms with Crippen LogP contribution in [-0.4, -0.2) is 19.5 Å². The fourth-order valence-corrected chi connectivity index (χ4v) is 9.16. The Morgan fingerprint density at radius 1 is 0.373 bits per heavy atom. The summed E-state index contributed by atoms with van der Waals surface area (Å²) in [5.74, 6) is 1.56. The Bertz CT molecular complexity index is 3860. The molecular formula is C53H30N4O2. The SMILES string of the molecule is c1ccc(-c2nc(-c3cccc4c3oc3ccccc34)nc(-c3c(-n4c5cc6ccccc6cc5c5c6ccccc6ccc54)ccc4c3oc3ccccc34)n2)cc1. The van der Waals surface area contributed by atoms with Crippen molar-refractivity contribution < 1.29 is 8.83 Å². The highest BCUT2D eigenvalue weighted by atomic mass is 16.3. The fourth-order valence-electron chi connectivity index (χ4n) is 9.16. The van der Waals surface area contributed by atoms with Gasteiger partial charge in [-0.05, 0) is 70.1 Å². The van der Waals surface area contributed by atoms with E-state index < -0.39 is 0 Å². The molecule has 0 fully saturated rings. The van der Waals surface area contributed by atoms with Gasteiger partial charge in [0.15, 0.2) is 17.5 Å². The van der Waals surface area contributed by atoms with E-state index in [0.29, 0.717) is 23.1 Å². The van der Waals surface area contributed by atoms with E-state index >= 15 is 0 Å². The highest BCUT2D eigenvalue weighted by Crippen LogP contribution is 2.45. The van der Waals surface area contributed by atoms with Crippen LogP contribution in [0.15, 0.2) is 191 Å². The summed E-state index contributed by atoms with van der Waals surface area (Å²) in [6.07, 6.45) is 0. The lowest BCUT2D eigenvalue weighted by molar-refractivity contribution is 0.669. The van der Waals surface area contributed by atoms with Crippen LogP contribution >= 0.6 is 0 Å². The summed E-state index contributed by atoms with van der Waals surface area (Å²) in [4.78, 5) is 15.9. The van der Waals surface area contributed by atoms with Gasteiger partial charge in [0, 0.05) is 37.9 Å². The minimum atomic E-state index is 0.498. The number of nitrogens with zero attached hydrogens (tertiary/aromatic N) is 4. The van der Waals surface area contributed by atoms with E-state index in [4.69, 9.17) is 23.8 Å². The first-order valence-corrected chi connectivity index (χ1v) is 19.8. The highest BCUT2D eigenvalue weighted by molar-refractivity contribution is 6.24. The third-order valence-electron chi connectivity index (χ3n) is 11.8. The molecule has 6 nitrogen and oxygen atoms in total. The average molecular weight is 755 g/mol. The predicted octanol–water partition coefficient (Wildman–Crippen LogP) is 14.1. The zero-order chi connectivity index (χ0) is 38.6. The van der Waals surface area contributed by atoms with Crippen molar-refractivity contribution in [3.05, 3.63) is 182 Å². The zero-order valence-electron chi connectivity index (χ0n) is 31.4. The summed E-state index contributed by atoms with van der Waals surface area (Å²) in [5.41, 5.74) is 8.54. The van der Waals surface area contributed by atoms with Crippen LogP contribution < -0.4 is 0 Å². The molecule has 6 heteroatoms. The molecule has 59 heavy (non-hydrogen) atoms. The van der Waals surface area contributed by atoms with Crippen LogP contribution in [-0.2, 0) is 0 Å². The molecule has 0 aliphatic carbocycles. The molecule has 0 saturated heterocycles. The Morgan fingerprint density at radius 2 is 0.983 bits per heavy atom. The van der Waals surface area contributed by atoms with Gasteiger partial charge < -0.3 is 13.4 Å². The van der Waals surface area contributed by atoms with Crippen molar-refractivity contribution in [3.63, 3.8) is 0 Å². The number of benzene rings is 9. The Labute approximate surface area is 336 Å². The van der Waals surface area contributed by atoms with Gasteiger partial charge in [-0.25, -0.2) is 15.0 Å². The maximum atomic E-state index is 6.91. The number of fused-ring (bicyclic) bond motifs is 12. The van der Waals surface area contributed by atoms with E-state index in [0.717, 1.165) is 77.1 Å². The van der Waals surface area contributed by atoms with Gasteiger partial charge in [0.25, 0.3) is 0 Å². The molecule has 0 bridgehead atoms. The molecule has 4 heterocycles. The van der Waals surface area contributed by atoms with Gasteiger partial charge in [0.05, 0.1) is 27.8 Å². The van der Waals surface area contributed by atoms with Gasteiger partial charge in [-0.3, -0.25) is 0 Å². The summed E-state index contributed by atoms with van der Waals surface area (Å²) in [5, 5.41) is 11.2. The van der Waals surface area contributed by atoms with E-state index in [1.54, 1.807) is 0 Å². The molecule has 0 atom stereocenters. The number of rotatable bonds is 4. The van der Waals surface area contributed by atoms with Crippen molar-refractivity contribution in [2.75, 3.05) is 0 Å². The average Bonchev–Trinajstić information content (AvgIpc) is 3.97. The fraction of sp³-hybridized carbons (Fsp3) is 0. The van der Waals surface area contributed by atoms with Crippen LogP contribution in [0.1, 0.15) is 0 Å². The quantitative estimate of drug-likeness (QED) is 0.179. The van der Waals surface area contributed by atoms with Gasteiger partial charge in [0.1, 0.15) is 22.3 Å². The summed E-state index contributed by atoms with van der Waals surface area (Å²) in [6, 6.07) is 63.3. The third kappa shape index (κ3) is 4.71.